The molecule has 1 aliphatic heterocycles. The Kier molecular flexibility index (Phi) is 10.9. The fraction of sp³-hybridized carbons (Fsp3) is 0.571. The Balaban J connectivity index is 0.00000190. The molecule has 0 bridgehead atoms. The summed E-state index contributed by atoms with van der Waals surface area (Å²) < 4.78 is 5.05. The van der Waals surface area contributed by atoms with E-state index in [2.05, 4.69) is 10.6 Å². The van der Waals surface area contributed by atoms with Gasteiger partial charge in [-0.25, -0.2) is 0 Å². The molecule has 2 N–H and O–H groups in total. The van der Waals surface area contributed by atoms with E-state index in [9.17, 15) is 14.4 Å². The highest BCUT2D eigenvalue weighted by Crippen LogP contribution is 2.31. The van der Waals surface area contributed by atoms with Crippen LogP contribution in [0.15, 0.2) is 18.2 Å². The van der Waals surface area contributed by atoms with Gasteiger partial charge in [-0.2, -0.15) is 0 Å². The quantitative estimate of drug-likeness (QED) is 0.447. The van der Waals surface area contributed by atoms with Crippen molar-refractivity contribution in [2.75, 3.05) is 25.6 Å². The van der Waals surface area contributed by atoms with E-state index in [1.807, 2.05) is 32.9 Å². The van der Waals surface area contributed by atoms with Gasteiger partial charge in [-0.1, -0.05) is 33.3 Å². The number of nitrogens with one attached hydrogen (secondary N) is 2. The monoisotopic (exact) mass is 391 g/mol. The van der Waals surface area contributed by atoms with E-state index in [0.717, 1.165) is 43.7 Å². The van der Waals surface area contributed by atoms with Gasteiger partial charge in [-0.15, -0.1) is 0 Å². The van der Waals surface area contributed by atoms with Crippen LogP contribution >= 0.6 is 0 Å². The number of methoxy groups -OCH3 is 1. The number of imide groups is 1. The molecule has 0 aromatic heterocycles. The minimum Gasteiger partial charge on any atom is -0.385 e. The Morgan fingerprint density at radius 1 is 1.32 bits per heavy atom. The second-order valence-corrected chi connectivity index (χ2v) is 6.32. The lowest BCUT2D eigenvalue weighted by Gasteiger charge is -2.25. The number of rotatable bonds is 11. The molecule has 0 aliphatic carbocycles. The van der Waals surface area contributed by atoms with Crippen molar-refractivity contribution in [1.29, 1.82) is 0 Å². The number of fused-ring (bicyclic) bond motifs is 1. The number of hydrogen-bond acceptors (Lipinski definition) is 5. The molecule has 1 aromatic carbocycles. The Bertz CT molecular complexity index is 649. The first-order valence-electron chi connectivity index (χ1n) is 10.0. The summed E-state index contributed by atoms with van der Waals surface area (Å²) in [5, 5.41) is 5.56. The van der Waals surface area contributed by atoms with Crippen LogP contribution in [-0.4, -0.2) is 49.4 Å². The minimum absolute atomic E-state index is 0.164. The van der Waals surface area contributed by atoms with Gasteiger partial charge in [-0.05, 0) is 31.4 Å². The third kappa shape index (κ3) is 6.05. The predicted molar refractivity (Wildman–Crippen MR) is 110 cm³/mol. The van der Waals surface area contributed by atoms with Crippen LogP contribution in [0.25, 0.3) is 0 Å². The topological polar surface area (TPSA) is 87.7 Å². The van der Waals surface area contributed by atoms with Crippen molar-refractivity contribution in [2.45, 2.75) is 59.0 Å². The lowest BCUT2D eigenvalue weighted by Crippen LogP contribution is -2.46. The molecule has 1 unspecified atom stereocenters. The summed E-state index contributed by atoms with van der Waals surface area (Å²) in [6.07, 6.45) is 3.55. The molecule has 1 aromatic rings. The highest BCUT2D eigenvalue weighted by molar-refractivity contribution is 6.03. The molecule has 28 heavy (non-hydrogen) atoms. The molecule has 0 saturated carbocycles. The van der Waals surface area contributed by atoms with Crippen molar-refractivity contribution >= 4 is 23.9 Å². The smallest absolute Gasteiger partial charge is 0.255 e. The summed E-state index contributed by atoms with van der Waals surface area (Å²) in [4.78, 5) is 37.2. The number of carbonyl (C=O) groups excluding carboxylic acids is 3. The maximum atomic E-state index is 12.8. The molecule has 2 rings (SSSR count). The van der Waals surface area contributed by atoms with Gasteiger partial charge in [-0.3, -0.25) is 19.7 Å². The molecular weight excluding hydrogens is 358 g/mol. The number of benzene rings is 1. The summed E-state index contributed by atoms with van der Waals surface area (Å²) >= 11 is 0. The van der Waals surface area contributed by atoms with Crippen LogP contribution in [0, 0.1) is 0 Å². The standard InChI is InChI=1S/C19H27N3O4.C2H6/c1-3-7-17(18(24)21-13-23)22-12-15-14(19(22)25)8-6-9-16(15)20-10-4-5-11-26-2;1-2/h6,8-9,13,17,20H,3-5,7,10-12H2,1-2H3,(H,21,23,24);1-2H3. The average molecular weight is 392 g/mol. The first-order valence-corrected chi connectivity index (χ1v) is 10.0. The van der Waals surface area contributed by atoms with E-state index >= 15 is 0 Å². The van der Waals surface area contributed by atoms with Crippen molar-refractivity contribution in [3.8, 4) is 0 Å². The lowest BCUT2D eigenvalue weighted by atomic mass is 10.1. The largest absolute Gasteiger partial charge is 0.385 e. The first-order chi connectivity index (χ1) is 13.6. The fourth-order valence-electron chi connectivity index (χ4n) is 3.22. The van der Waals surface area contributed by atoms with E-state index in [-0.39, 0.29) is 5.91 Å². The second-order valence-electron chi connectivity index (χ2n) is 6.32. The van der Waals surface area contributed by atoms with E-state index in [4.69, 9.17) is 4.74 Å². The molecule has 7 nitrogen and oxygen atoms in total. The summed E-state index contributed by atoms with van der Waals surface area (Å²) in [5.74, 6) is -0.598. The van der Waals surface area contributed by atoms with Crippen molar-refractivity contribution in [3.63, 3.8) is 0 Å². The number of hydrogen-bond donors (Lipinski definition) is 2. The van der Waals surface area contributed by atoms with Gasteiger partial charge in [0.15, 0.2) is 0 Å². The summed E-state index contributed by atoms with van der Waals surface area (Å²) in [6.45, 7) is 7.83. The molecule has 1 aliphatic rings. The average Bonchev–Trinajstić information content (AvgIpc) is 3.05. The van der Waals surface area contributed by atoms with Crippen molar-refractivity contribution < 1.29 is 19.1 Å². The third-order valence-electron chi connectivity index (χ3n) is 4.53. The fourth-order valence-corrected chi connectivity index (χ4v) is 3.22. The van der Waals surface area contributed by atoms with Crippen molar-refractivity contribution in [3.05, 3.63) is 29.3 Å². The number of ether oxygens (including phenoxy) is 1. The van der Waals surface area contributed by atoms with Gasteiger partial charge in [0.2, 0.25) is 12.3 Å². The molecule has 0 radical (unpaired) electrons. The van der Waals surface area contributed by atoms with Gasteiger partial charge in [0.1, 0.15) is 6.04 Å². The van der Waals surface area contributed by atoms with Crippen LogP contribution in [0.1, 0.15) is 62.4 Å². The molecular formula is C21H33N3O4. The zero-order valence-electron chi connectivity index (χ0n) is 17.4. The van der Waals surface area contributed by atoms with Gasteiger partial charge in [0.25, 0.3) is 5.91 Å². The van der Waals surface area contributed by atoms with Gasteiger partial charge < -0.3 is 15.0 Å². The zero-order valence-corrected chi connectivity index (χ0v) is 17.4. The molecule has 0 saturated heterocycles. The number of amides is 3. The molecule has 7 heteroatoms. The van der Waals surface area contributed by atoms with E-state index in [1.165, 1.54) is 0 Å². The second kappa shape index (κ2) is 12.9. The first kappa shape index (κ1) is 23.6. The van der Waals surface area contributed by atoms with Gasteiger partial charge >= 0.3 is 0 Å². The molecule has 156 valence electrons. The predicted octanol–water partition coefficient (Wildman–Crippen LogP) is 2.95. The van der Waals surface area contributed by atoms with E-state index in [1.54, 1.807) is 18.1 Å². The summed E-state index contributed by atoms with van der Waals surface area (Å²) in [5.41, 5.74) is 2.44. The number of nitrogens with zero attached hydrogens (tertiary/aromatic N) is 1. The van der Waals surface area contributed by atoms with Gasteiger partial charge in [0, 0.05) is 43.6 Å². The highest BCUT2D eigenvalue weighted by atomic mass is 16.5. The van der Waals surface area contributed by atoms with Crippen LogP contribution in [0.5, 0.6) is 0 Å². The zero-order chi connectivity index (χ0) is 20.9. The van der Waals surface area contributed by atoms with Crippen molar-refractivity contribution in [1.82, 2.24) is 10.2 Å². The lowest BCUT2D eigenvalue weighted by molar-refractivity contribution is -0.129. The van der Waals surface area contributed by atoms with Crippen LogP contribution in [0.2, 0.25) is 0 Å². The van der Waals surface area contributed by atoms with E-state index < -0.39 is 11.9 Å². The Morgan fingerprint density at radius 2 is 2.07 bits per heavy atom. The molecule has 1 atom stereocenters. The molecule has 0 fully saturated rings. The van der Waals surface area contributed by atoms with Crippen LogP contribution < -0.4 is 10.6 Å². The number of anilines is 1. The van der Waals surface area contributed by atoms with Crippen LogP contribution in [-0.2, 0) is 20.9 Å². The maximum absolute atomic E-state index is 12.8. The van der Waals surface area contributed by atoms with E-state index in [0.29, 0.717) is 24.9 Å². The number of carbonyl (C=O) groups is 3. The minimum atomic E-state index is -0.639. The molecule has 0 spiro atoms. The molecule has 1 heterocycles. The molecule has 3 amide bonds. The third-order valence-corrected chi connectivity index (χ3v) is 4.53. The Hall–Kier alpha value is -2.41. The Morgan fingerprint density at radius 3 is 2.71 bits per heavy atom. The highest BCUT2D eigenvalue weighted by Gasteiger charge is 2.36. The number of unbranched alkanes of at least 4 members (excludes halogenated alkanes) is 1. The van der Waals surface area contributed by atoms with Crippen molar-refractivity contribution in [2.24, 2.45) is 0 Å². The van der Waals surface area contributed by atoms with Gasteiger partial charge in [0.05, 0.1) is 0 Å². The van der Waals surface area contributed by atoms with Crippen LogP contribution in [0.4, 0.5) is 5.69 Å². The normalized spacial score (nSPS) is 13.3. The van der Waals surface area contributed by atoms with Crippen LogP contribution in [0.3, 0.4) is 0 Å². The summed E-state index contributed by atoms with van der Waals surface area (Å²) in [7, 11) is 1.69. The maximum Gasteiger partial charge on any atom is 0.255 e. The summed E-state index contributed by atoms with van der Waals surface area (Å²) in [6, 6.07) is 4.94. The Labute approximate surface area is 167 Å². The SMILES string of the molecule is CC.CCCC(C(=O)NC=O)N1Cc2c(NCCCCOC)cccc2C1=O.